The second kappa shape index (κ2) is 9.77. The van der Waals surface area contributed by atoms with Gasteiger partial charge in [-0.3, -0.25) is 14.5 Å². The van der Waals surface area contributed by atoms with Gasteiger partial charge in [0.2, 0.25) is 0 Å². The number of amides is 2. The second-order valence-electron chi connectivity index (χ2n) is 7.79. The highest BCUT2D eigenvalue weighted by Gasteiger charge is 2.35. The molecule has 1 heterocycles. The number of benzene rings is 3. The first kappa shape index (κ1) is 24.3. The highest BCUT2D eigenvalue weighted by molar-refractivity contribution is 9.10. The van der Waals surface area contributed by atoms with Gasteiger partial charge in [-0.1, -0.05) is 63.5 Å². The number of rotatable bonds is 6. The van der Waals surface area contributed by atoms with Crippen LogP contribution >= 0.6 is 27.7 Å². The van der Waals surface area contributed by atoms with Crippen molar-refractivity contribution in [1.29, 1.82) is 0 Å². The van der Waals surface area contributed by atoms with Gasteiger partial charge in [-0.15, -0.1) is 0 Å². The Bertz CT molecular complexity index is 1420. The summed E-state index contributed by atoms with van der Waals surface area (Å²) in [5.74, 6) is -0.391. The van der Waals surface area contributed by atoms with E-state index in [0.29, 0.717) is 10.0 Å². The molecule has 0 N–H and O–H groups in total. The fraction of sp³-hybridized carbons (Fsp3) is 0.120. The van der Waals surface area contributed by atoms with Gasteiger partial charge in [-0.2, -0.15) is 8.42 Å². The SMILES string of the molecule is Cc1ccc(S(=O)(=O)Oc2ccc(Br)cc2/C=C2\SC(=O)N(Cc3cccc(C)c3)C2=O)cc1. The molecule has 3 aromatic carbocycles. The molecule has 0 atom stereocenters. The van der Waals surface area contributed by atoms with E-state index in [1.54, 1.807) is 24.3 Å². The maximum Gasteiger partial charge on any atom is 0.339 e. The molecule has 0 unspecified atom stereocenters. The highest BCUT2D eigenvalue weighted by atomic mass is 79.9. The van der Waals surface area contributed by atoms with Gasteiger partial charge in [-0.25, -0.2) is 0 Å². The molecule has 0 aliphatic carbocycles. The van der Waals surface area contributed by atoms with Crippen molar-refractivity contribution in [2.24, 2.45) is 0 Å². The van der Waals surface area contributed by atoms with Crippen molar-refractivity contribution in [2.75, 3.05) is 0 Å². The molecule has 0 saturated carbocycles. The molecule has 34 heavy (non-hydrogen) atoms. The predicted octanol–water partition coefficient (Wildman–Crippen LogP) is 6.07. The normalized spacial score (nSPS) is 15.3. The van der Waals surface area contributed by atoms with Crippen molar-refractivity contribution in [3.8, 4) is 5.75 Å². The van der Waals surface area contributed by atoms with Gasteiger partial charge in [0.05, 0.1) is 11.4 Å². The fourth-order valence-corrected chi connectivity index (χ4v) is 5.51. The molecule has 1 aliphatic heterocycles. The first-order valence-electron chi connectivity index (χ1n) is 10.2. The van der Waals surface area contributed by atoms with Crippen LogP contribution in [-0.4, -0.2) is 24.5 Å². The van der Waals surface area contributed by atoms with E-state index in [9.17, 15) is 18.0 Å². The number of nitrogens with zero attached hydrogens (tertiary/aromatic N) is 1. The summed E-state index contributed by atoms with van der Waals surface area (Å²) in [5.41, 5.74) is 3.15. The zero-order chi connectivity index (χ0) is 24.5. The Hall–Kier alpha value is -2.88. The van der Waals surface area contributed by atoms with Gasteiger partial charge in [0.25, 0.3) is 11.1 Å². The molecule has 3 aromatic rings. The van der Waals surface area contributed by atoms with Crippen molar-refractivity contribution in [2.45, 2.75) is 25.3 Å². The largest absolute Gasteiger partial charge is 0.378 e. The van der Waals surface area contributed by atoms with E-state index in [0.717, 1.165) is 28.5 Å². The first-order chi connectivity index (χ1) is 16.1. The van der Waals surface area contributed by atoms with Crippen LogP contribution in [-0.2, 0) is 21.5 Å². The molecule has 1 aliphatic rings. The Morgan fingerprint density at radius 1 is 0.971 bits per heavy atom. The summed E-state index contributed by atoms with van der Waals surface area (Å²) >= 11 is 4.17. The summed E-state index contributed by atoms with van der Waals surface area (Å²) < 4.78 is 31.7. The highest BCUT2D eigenvalue weighted by Crippen LogP contribution is 2.36. The molecule has 0 radical (unpaired) electrons. The fourth-order valence-electron chi connectivity index (χ4n) is 3.35. The summed E-state index contributed by atoms with van der Waals surface area (Å²) in [6.45, 7) is 3.96. The molecule has 0 aromatic heterocycles. The quantitative estimate of drug-likeness (QED) is 0.270. The van der Waals surface area contributed by atoms with Crippen LogP contribution in [0.15, 0.2) is 81.0 Å². The van der Waals surface area contributed by atoms with Crippen LogP contribution in [0.25, 0.3) is 6.08 Å². The van der Waals surface area contributed by atoms with E-state index in [4.69, 9.17) is 4.18 Å². The Labute approximate surface area is 210 Å². The lowest BCUT2D eigenvalue weighted by Gasteiger charge is -2.13. The van der Waals surface area contributed by atoms with E-state index in [1.807, 2.05) is 38.1 Å². The minimum Gasteiger partial charge on any atom is -0.378 e. The Kier molecular flexibility index (Phi) is 6.97. The third-order valence-electron chi connectivity index (χ3n) is 5.06. The van der Waals surface area contributed by atoms with Crippen LogP contribution in [0.4, 0.5) is 4.79 Å². The molecule has 0 spiro atoms. The Balaban J connectivity index is 1.63. The van der Waals surface area contributed by atoms with Gasteiger partial charge in [-0.05, 0) is 67.6 Å². The molecule has 2 amide bonds. The maximum absolute atomic E-state index is 13.0. The van der Waals surface area contributed by atoms with Crippen molar-refractivity contribution in [1.82, 2.24) is 4.90 Å². The smallest absolute Gasteiger partial charge is 0.339 e. The molecule has 1 fully saturated rings. The third-order valence-corrected chi connectivity index (χ3v) is 7.71. The molecular formula is C25H20BrNO5S2. The number of carbonyl (C=O) groups excluding carboxylic acids is 2. The second-order valence-corrected chi connectivity index (χ2v) is 11.2. The summed E-state index contributed by atoms with van der Waals surface area (Å²) in [7, 11) is -4.09. The number of hydrogen-bond donors (Lipinski definition) is 0. The molecule has 1 saturated heterocycles. The summed E-state index contributed by atoms with van der Waals surface area (Å²) in [5, 5.41) is -0.387. The average molecular weight is 558 g/mol. The molecular weight excluding hydrogens is 538 g/mol. The van der Waals surface area contributed by atoms with Crippen molar-refractivity contribution >= 4 is 55.0 Å². The van der Waals surface area contributed by atoms with Crippen LogP contribution in [0.5, 0.6) is 5.75 Å². The lowest BCUT2D eigenvalue weighted by molar-refractivity contribution is -0.123. The lowest BCUT2D eigenvalue weighted by Crippen LogP contribution is -2.27. The van der Waals surface area contributed by atoms with Crippen molar-refractivity contribution in [3.63, 3.8) is 0 Å². The van der Waals surface area contributed by atoms with E-state index in [2.05, 4.69) is 15.9 Å². The monoisotopic (exact) mass is 557 g/mol. The molecule has 0 bridgehead atoms. The van der Waals surface area contributed by atoms with Crippen LogP contribution in [0.2, 0.25) is 0 Å². The van der Waals surface area contributed by atoms with Crippen LogP contribution in [0, 0.1) is 13.8 Å². The maximum atomic E-state index is 13.0. The number of halogens is 1. The lowest BCUT2D eigenvalue weighted by atomic mass is 10.1. The molecule has 174 valence electrons. The van der Waals surface area contributed by atoms with Crippen LogP contribution < -0.4 is 4.18 Å². The van der Waals surface area contributed by atoms with Gasteiger partial charge in [0, 0.05) is 10.0 Å². The minimum absolute atomic E-state index is 0.0189. The van der Waals surface area contributed by atoms with Gasteiger partial charge in [0.15, 0.2) is 0 Å². The number of aryl methyl sites for hydroxylation is 2. The Morgan fingerprint density at radius 3 is 2.41 bits per heavy atom. The van der Waals surface area contributed by atoms with E-state index in [-0.39, 0.29) is 27.3 Å². The van der Waals surface area contributed by atoms with E-state index in [1.165, 1.54) is 29.2 Å². The average Bonchev–Trinajstić information content (AvgIpc) is 3.03. The zero-order valence-electron chi connectivity index (χ0n) is 18.3. The minimum atomic E-state index is -4.09. The van der Waals surface area contributed by atoms with E-state index < -0.39 is 16.0 Å². The summed E-state index contributed by atoms with van der Waals surface area (Å²) in [6.07, 6.45) is 1.48. The standard InChI is InChI=1S/C25H20BrNO5S2/c1-16-6-9-21(10-7-16)34(30,31)32-22-11-8-20(26)13-19(22)14-23-24(28)27(25(29)33-23)15-18-5-3-4-17(2)12-18/h3-14H,15H2,1-2H3/b23-14-. The van der Waals surface area contributed by atoms with Crippen molar-refractivity contribution < 1.29 is 22.2 Å². The van der Waals surface area contributed by atoms with Gasteiger partial charge >= 0.3 is 10.1 Å². The number of thioether (sulfide) groups is 1. The summed E-state index contributed by atoms with van der Waals surface area (Å²) in [4.78, 5) is 26.9. The molecule has 6 nitrogen and oxygen atoms in total. The molecule has 9 heteroatoms. The number of carbonyl (C=O) groups is 2. The van der Waals surface area contributed by atoms with Crippen LogP contribution in [0.3, 0.4) is 0 Å². The summed E-state index contributed by atoms with van der Waals surface area (Å²) in [6, 6.07) is 18.7. The topological polar surface area (TPSA) is 80.8 Å². The van der Waals surface area contributed by atoms with Gasteiger partial charge < -0.3 is 4.18 Å². The third kappa shape index (κ3) is 5.43. The van der Waals surface area contributed by atoms with Crippen LogP contribution in [0.1, 0.15) is 22.3 Å². The number of imide groups is 1. The predicted molar refractivity (Wildman–Crippen MR) is 136 cm³/mol. The van der Waals surface area contributed by atoms with E-state index >= 15 is 0 Å². The Morgan fingerprint density at radius 2 is 1.71 bits per heavy atom. The number of hydrogen-bond acceptors (Lipinski definition) is 6. The molecule has 4 rings (SSSR count). The van der Waals surface area contributed by atoms with Gasteiger partial charge in [0.1, 0.15) is 10.6 Å². The van der Waals surface area contributed by atoms with Crippen molar-refractivity contribution in [3.05, 3.63) is 98.4 Å². The first-order valence-corrected chi connectivity index (χ1v) is 13.3. The zero-order valence-corrected chi connectivity index (χ0v) is 21.5.